The van der Waals surface area contributed by atoms with Gasteiger partial charge in [0.2, 0.25) is 5.91 Å². The van der Waals surface area contributed by atoms with Gasteiger partial charge in [0.25, 0.3) is 0 Å². The van der Waals surface area contributed by atoms with Crippen LogP contribution in [0.25, 0.3) is 0 Å². The van der Waals surface area contributed by atoms with E-state index in [-0.39, 0.29) is 17.8 Å². The number of benzene rings is 2. The van der Waals surface area contributed by atoms with Crippen molar-refractivity contribution in [3.63, 3.8) is 0 Å². The molecule has 0 radical (unpaired) electrons. The maximum Gasteiger partial charge on any atom is 0.221 e. The lowest BCUT2D eigenvalue weighted by Crippen LogP contribution is -2.26. The first kappa shape index (κ1) is 19.1. The van der Waals surface area contributed by atoms with E-state index in [2.05, 4.69) is 5.32 Å². The van der Waals surface area contributed by atoms with E-state index in [9.17, 15) is 9.18 Å². The van der Waals surface area contributed by atoms with Gasteiger partial charge >= 0.3 is 0 Å². The zero-order chi connectivity index (χ0) is 18.2. The molecule has 0 saturated heterocycles. The van der Waals surface area contributed by atoms with Crippen LogP contribution in [0.2, 0.25) is 0 Å². The average Bonchev–Trinajstić information content (AvgIpc) is 2.62. The van der Waals surface area contributed by atoms with E-state index in [1.54, 1.807) is 32.4 Å². The first-order chi connectivity index (χ1) is 12.0. The highest BCUT2D eigenvalue weighted by atomic mass is 32.2. The van der Waals surface area contributed by atoms with Crippen molar-refractivity contribution >= 4 is 17.7 Å². The summed E-state index contributed by atoms with van der Waals surface area (Å²) in [6.07, 6.45) is 0.316. The molecule has 0 saturated carbocycles. The van der Waals surface area contributed by atoms with Crippen LogP contribution in [-0.2, 0) is 4.79 Å². The normalized spacial score (nSPS) is 11.7. The monoisotopic (exact) mass is 363 g/mol. The molecule has 6 heteroatoms. The maximum atomic E-state index is 13.5. The lowest BCUT2D eigenvalue weighted by atomic mass is 10.1. The van der Waals surface area contributed by atoms with Crippen LogP contribution in [-0.4, -0.2) is 25.9 Å². The fourth-order valence-electron chi connectivity index (χ4n) is 2.33. The number of hydrogen-bond acceptors (Lipinski definition) is 4. The molecule has 1 amide bonds. The Bertz CT molecular complexity index is 724. The Balaban J connectivity index is 1.86. The minimum absolute atomic E-state index is 0.0777. The lowest BCUT2D eigenvalue weighted by molar-refractivity contribution is -0.121. The van der Waals surface area contributed by atoms with Gasteiger partial charge in [-0.2, -0.15) is 0 Å². The third-order valence-electron chi connectivity index (χ3n) is 3.71. The number of nitrogens with one attached hydrogen (secondary N) is 1. The summed E-state index contributed by atoms with van der Waals surface area (Å²) in [7, 11) is 3.15. The van der Waals surface area contributed by atoms with Gasteiger partial charge in [-0.1, -0.05) is 18.2 Å². The molecular formula is C19H22FNO3S. The van der Waals surface area contributed by atoms with Crippen molar-refractivity contribution in [1.82, 2.24) is 5.32 Å². The maximum absolute atomic E-state index is 13.5. The predicted molar refractivity (Wildman–Crippen MR) is 97.8 cm³/mol. The van der Waals surface area contributed by atoms with Crippen LogP contribution < -0.4 is 14.8 Å². The molecule has 0 aliphatic rings. The zero-order valence-corrected chi connectivity index (χ0v) is 15.4. The standard InChI is InChI=1S/C19H22FNO3S/c1-13(14-8-9-16(23-2)17(12-14)24-3)21-19(22)10-11-25-18-7-5-4-6-15(18)20/h4-9,12-13H,10-11H2,1-3H3,(H,21,22). The van der Waals surface area contributed by atoms with E-state index in [1.807, 2.05) is 25.1 Å². The average molecular weight is 363 g/mol. The van der Waals surface area contributed by atoms with Gasteiger partial charge in [-0.05, 0) is 36.8 Å². The van der Waals surface area contributed by atoms with Gasteiger partial charge in [-0.3, -0.25) is 4.79 Å². The quantitative estimate of drug-likeness (QED) is 0.714. The van der Waals surface area contributed by atoms with Crippen molar-refractivity contribution in [1.29, 1.82) is 0 Å². The van der Waals surface area contributed by atoms with Gasteiger partial charge in [-0.25, -0.2) is 4.39 Å². The second-order valence-corrected chi connectivity index (χ2v) is 6.57. The Morgan fingerprint density at radius 3 is 2.56 bits per heavy atom. The van der Waals surface area contributed by atoms with E-state index in [0.717, 1.165) is 5.56 Å². The van der Waals surface area contributed by atoms with Crippen molar-refractivity contribution in [3.05, 3.63) is 53.8 Å². The molecule has 0 spiro atoms. The molecule has 1 N–H and O–H groups in total. The minimum Gasteiger partial charge on any atom is -0.493 e. The smallest absolute Gasteiger partial charge is 0.221 e. The van der Waals surface area contributed by atoms with Gasteiger partial charge in [0, 0.05) is 17.1 Å². The number of amides is 1. The summed E-state index contributed by atoms with van der Waals surface area (Å²) in [5.41, 5.74) is 0.924. The Morgan fingerprint density at radius 2 is 1.88 bits per heavy atom. The lowest BCUT2D eigenvalue weighted by Gasteiger charge is -2.16. The van der Waals surface area contributed by atoms with Gasteiger partial charge in [-0.15, -0.1) is 11.8 Å². The van der Waals surface area contributed by atoms with Crippen LogP contribution in [0.3, 0.4) is 0 Å². The molecule has 134 valence electrons. The number of carbonyl (C=O) groups excluding carboxylic acids is 1. The number of carbonyl (C=O) groups is 1. The molecule has 2 aromatic rings. The highest BCUT2D eigenvalue weighted by molar-refractivity contribution is 7.99. The van der Waals surface area contributed by atoms with Crippen molar-refractivity contribution < 1.29 is 18.7 Å². The number of halogens is 1. The molecule has 0 aliphatic heterocycles. The molecule has 2 rings (SSSR count). The van der Waals surface area contributed by atoms with Crippen molar-refractivity contribution in [2.75, 3.05) is 20.0 Å². The summed E-state index contributed by atoms with van der Waals surface area (Å²) >= 11 is 1.34. The summed E-state index contributed by atoms with van der Waals surface area (Å²) in [6, 6.07) is 11.9. The highest BCUT2D eigenvalue weighted by Gasteiger charge is 2.13. The van der Waals surface area contributed by atoms with Gasteiger partial charge in [0.15, 0.2) is 11.5 Å². The summed E-state index contributed by atoms with van der Waals surface area (Å²) in [6.45, 7) is 1.91. The molecule has 4 nitrogen and oxygen atoms in total. The largest absolute Gasteiger partial charge is 0.493 e. The van der Waals surface area contributed by atoms with E-state index in [1.165, 1.54) is 17.8 Å². The molecule has 0 heterocycles. The Labute approximate surface area is 151 Å². The molecule has 0 aromatic heterocycles. The number of methoxy groups -OCH3 is 2. The van der Waals surface area contributed by atoms with Gasteiger partial charge in [0.05, 0.1) is 20.3 Å². The summed E-state index contributed by atoms with van der Waals surface area (Å²) in [4.78, 5) is 12.7. The van der Waals surface area contributed by atoms with Gasteiger partial charge in [0.1, 0.15) is 5.82 Å². The van der Waals surface area contributed by atoms with Crippen LogP contribution in [0.4, 0.5) is 4.39 Å². The molecule has 25 heavy (non-hydrogen) atoms. The van der Waals surface area contributed by atoms with Crippen LogP contribution in [0.5, 0.6) is 11.5 Å². The van der Waals surface area contributed by atoms with Crippen LogP contribution >= 0.6 is 11.8 Å². The summed E-state index contributed by atoms with van der Waals surface area (Å²) < 4.78 is 24.0. The SMILES string of the molecule is COc1ccc(C(C)NC(=O)CCSc2ccccc2F)cc1OC. The fourth-order valence-corrected chi connectivity index (χ4v) is 3.22. The van der Waals surface area contributed by atoms with E-state index in [4.69, 9.17) is 9.47 Å². The second kappa shape index (κ2) is 9.32. The van der Waals surface area contributed by atoms with Crippen LogP contribution in [0.1, 0.15) is 24.9 Å². The molecule has 0 aliphatic carbocycles. The highest BCUT2D eigenvalue weighted by Crippen LogP contribution is 2.30. The molecule has 1 unspecified atom stereocenters. The van der Waals surface area contributed by atoms with E-state index in [0.29, 0.717) is 28.6 Å². The molecular weight excluding hydrogens is 341 g/mol. The molecule has 0 bridgehead atoms. The number of hydrogen-bond donors (Lipinski definition) is 1. The van der Waals surface area contributed by atoms with Crippen LogP contribution in [0, 0.1) is 5.82 Å². The third-order valence-corrected chi connectivity index (χ3v) is 4.76. The van der Waals surface area contributed by atoms with Gasteiger partial charge < -0.3 is 14.8 Å². The molecule has 2 aromatic carbocycles. The fraction of sp³-hybridized carbons (Fsp3) is 0.316. The molecule has 1 atom stereocenters. The third kappa shape index (κ3) is 5.39. The number of thioether (sulfide) groups is 1. The minimum atomic E-state index is -0.258. The topological polar surface area (TPSA) is 47.6 Å². The molecule has 0 fully saturated rings. The van der Waals surface area contributed by atoms with Crippen molar-refractivity contribution in [3.8, 4) is 11.5 Å². The first-order valence-electron chi connectivity index (χ1n) is 7.93. The Hall–Kier alpha value is -2.21. The zero-order valence-electron chi connectivity index (χ0n) is 14.5. The van der Waals surface area contributed by atoms with Crippen molar-refractivity contribution in [2.45, 2.75) is 24.3 Å². The van der Waals surface area contributed by atoms with E-state index < -0.39 is 0 Å². The Kier molecular flexibility index (Phi) is 7.13. The predicted octanol–water partition coefficient (Wildman–Crippen LogP) is 4.20. The van der Waals surface area contributed by atoms with Crippen molar-refractivity contribution in [2.24, 2.45) is 0 Å². The summed E-state index contributed by atoms with van der Waals surface area (Å²) in [5.74, 6) is 1.45. The second-order valence-electron chi connectivity index (χ2n) is 5.43. The Morgan fingerprint density at radius 1 is 1.16 bits per heavy atom. The van der Waals surface area contributed by atoms with E-state index >= 15 is 0 Å². The number of rotatable bonds is 8. The number of ether oxygens (including phenoxy) is 2. The first-order valence-corrected chi connectivity index (χ1v) is 8.92. The summed E-state index contributed by atoms with van der Waals surface area (Å²) in [5, 5.41) is 2.94. The van der Waals surface area contributed by atoms with Crippen LogP contribution in [0.15, 0.2) is 47.4 Å².